The summed E-state index contributed by atoms with van der Waals surface area (Å²) in [5.74, 6) is 2.90. The fourth-order valence-corrected chi connectivity index (χ4v) is 1.85. The van der Waals surface area contributed by atoms with Crippen LogP contribution in [-0.4, -0.2) is 13.5 Å². The molecule has 0 radical (unpaired) electrons. The molecule has 14 heavy (non-hydrogen) atoms. The Morgan fingerprint density at radius 2 is 1.57 bits per heavy atom. The molecule has 0 aliphatic rings. The average molecular weight is 194 g/mol. The van der Waals surface area contributed by atoms with E-state index in [1.165, 1.54) is 57.8 Å². The third-order valence-electron chi connectivity index (χ3n) is 2.87. The Morgan fingerprint density at radius 3 is 2.14 bits per heavy atom. The Balaban J connectivity index is 3.01. The van der Waals surface area contributed by atoms with Crippen LogP contribution in [0.1, 0.15) is 71.6 Å². The molecule has 0 aliphatic carbocycles. The van der Waals surface area contributed by atoms with Crippen molar-refractivity contribution in [1.29, 1.82) is 0 Å². The summed E-state index contributed by atoms with van der Waals surface area (Å²) in [5, 5.41) is 0. The Bertz CT molecular complexity index is 120. The zero-order chi connectivity index (χ0) is 10.6. The number of unbranched alkanes of at least 4 members (excludes halogenated alkanes) is 6. The zero-order valence-corrected chi connectivity index (χ0v) is 10.2. The summed E-state index contributed by atoms with van der Waals surface area (Å²) in [6.07, 6.45) is 12.5. The van der Waals surface area contributed by atoms with Gasteiger partial charge in [0, 0.05) is 0 Å². The molecule has 0 aromatic heterocycles. The molecular formula is C13H27B. The van der Waals surface area contributed by atoms with E-state index in [2.05, 4.69) is 21.3 Å². The van der Waals surface area contributed by atoms with Gasteiger partial charge < -0.3 is 0 Å². The van der Waals surface area contributed by atoms with Crippen LogP contribution in [0.25, 0.3) is 0 Å². The third-order valence-corrected chi connectivity index (χ3v) is 2.87. The second-order valence-corrected chi connectivity index (χ2v) is 4.54. The molecule has 82 valence electrons. The van der Waals surface area contributed by atoms with Crippen LogP contribution in [0.3, 0.4) is 0 Å². The normalized spacial score (nSPS) is 12.6. The molecule has 0 spiro atoms. The van der Waals surface area contributed by atoms with Gasteiger partial charge in [-0.1, -0.05) is 0 Å². The van der Waals surface area contributed by atoms with E-state index >= 15 is 0 Å². The van der Waals surface area contributed by atoms with E-state index in [4.69, 9.17) is 0 Å². The first kappa shape index (κ1) is 13.9. The van der Waals surface area contributed by atoms with Crippen molar-refractivity contribution in [2.45, 2.75) is 71.6 Å². The van der Waals surface area contributed by atoms with E-state index in [9.17, 15) is 0 Å². The summed E-state index contributed by atoms with van der Waals surface area (Å²) < 4.78 is 0. The summed E-state index contributed by atoms with van der Waals surface area (Å²) in [4.78, 5) is 0. The van der Waals surface area contributed by atoms with E-state index in [0.717, 1.165) is 5.92 Å². The van der Waals surface area contributed by atoms with Crippen LogP contribution in [0.2, 0.25) is 0 Å². The average Bonchev–Trinajstić information content (AvgIpc) is 2.17. The first-order valence-electron chi connectivity index (χ1n) is 6.42. The van der Waals surface area contributed by atoms with Gasteiger partial charge >= 0.3 is 91.0 Å². The molecule has 0 aromatic rings. The fourth-order valence-electron chi connectivity index (χ4n) is 1.85. The number of hydrogen-bond donors (Lipinski definition) is 0. The van der Waals surface area contributed by atoms with Crippen LogP contribution < -0.4 is 0 Å². The topological polar surface area (TPSA) is 0 Å². The van der Waals surface area contributed by atoms with E-state index in [1.807, 2.05) is 5.97 Å². The van der Waals surface area contributed by atoms with Gasteiger partial charge in [0.25, 0.3) is 0 Å². The van der Waals surface area contributed by atoms with Crippen LogP contribution in [-0.2, 0) is 0 Å². The molecule has 0 rings (SSSR count). The summed E-state index contributed by atoms with van der Waals surface area (Å²) in [5.41, 5.74) is 0. The van der Waals surface area contributed by atoms with Crippen LogP contribution in [0.4, 0.5) is 0 Å². The molecule has 0 N–H and O–H groups in total. The second kappa shape index (κ2) is 11.0. The molecule has 0 fully saturated rings. The maximum atomic E-state index is 3.78. The Hall–Kier alpha value is -0.0651. The van der Waals surface area contributed by atoms with E-state index < -0.39 is 0 Å². The van der Waals surface area contributed by atoms with Crippen molar-refractivity contribution in [1.82, 2.24) is 0 Å². The summed E-state index contributed by atoms with van der Waals surface area (Å²) in [6.45, 7) is 4.61. The molecule has 1 unspecified atom stereocenters. The second-order valence-electron chi connectivity index (χ2n) is 4.54. The molecule has 0 heterocycles. The first-order chi connectivity index (χ1) is 6.81. The van der Waals surface area contributed by atoms with Gasteiger partial charge in [-0.05, 0) is 0 Å². The van der Waals surface area contributed by atoms with Crippen molar-refractivity contribution < 1.29 is 0 Å². The maximum absolute atomic E-state index is 3.78. The molecule has 0 aromatic carbocycles. The quantitative estimate of drug-likeness (QED) is 0.366. The molecule has 0 saturated carbocycles. The molecule has 1 heteroatoms. The van der Waals surface area contributed by atoms with Gasteiger partial charge in [-0.15, -0.1) is 0 Å². The molecule has 0 aliphatic heterocycles. The van der Waals surface area contributed by atoms with Crippen molar-refractivity contribution in [2.24, 2.45) is 5.92 Å². The van der Waals surface area contributed by atoms with Gasteiger partial charge in [0.05, 0.1) is 0 Å². The van der Waals surface area contributed by atoms with Gasteiger partial charge in [-0.2, -0.15) is 0 Å². The predicted molar refractivity (Wildman–Crippen MR) is 69.6 cm³/mol. The molecular weight excluding hydrogens is 167 g/mol. The first-order valence-corrected chi connectivity index (χ1v) is 6.42. The van der Waals surface area contributed by atoms with E-state index in [0.29, 0.717) is 0 Å². The van der Waals surface area contributed by atoms with Crippen molar-refractivity contribution >= 4 is 13.5 Å². The molecule has 0 amide bonds. The van der Waals surface area contributed by atoms with Crippen molar-refractivity contribution in [3.8, 4) is 0 Å². The molecule has 0 bridgehead atoms. The fraction of sp³-hybridized carbons (Fsp3) is 0.923. The SMILES string of the molecule is B=CCC(C)CCCCCCCCC. The van der Waals surface area contributed by atoms with Gasteiger partial charge in [-0.3, -0.25) is 0 Å². The summed E-state index contributed by atoms with van der Waals surface area (Å²) in [7, 11) is 3.78. The Kier molecular flexibility index (Phi) is 11.0. The van der Waals surface area contributed by atoms with Crippen LogP contribution in [0.5, 0.6) is 0 Å². The Labute approximate surface area is 91.6 Å². The van der Waals surface area contributed by atoms with Crippen LogP contribution >= 0.6 is 0 Å². The molecule has 0 nitrogen and oxygen atoms in total. The number of rotatable bonds is 10. The van der Waals surface area contributed by atoms with E-state index in [-0.39, 0.29) is 0 Å². The van der Waals surface area contributed by atoms with Crippen LogP contribution in [0.15, 0.2) is 0 Å². The monoisotopic (exact) mass is 194 g/mol. The van der Waals surface area contributed by atoms with Gasteiger partial charge in [-0.25, -0.2) is 0 Å². The van der Waals surface area contributed by atoms with Gasteiger partial charge in [0.1, 0.15) is 0 Å². The van der Waals surface area contributed by atoms with E-state index in [1.54, 1.807) is 0 Å². The standard InChI is InChI=1S/C13H27B/c1-3-4-5-6-7-8-9-10-13(2)11-12-14/h12-14H,3-11H2,1-2H3. The zero-order valence-electron chi connectivity index (χ0n) is 10.2. The minimum absolute atomic E-state index is 0.850. The third kappa shape index (κ3) is 10.0. The van der Waals surface area contributed by atoms with Crippen molar-refractivity contribution in [3.63, 3.8) is 0 Å². The van der Waals surface area contributed by atoms with Gasteiger partial charge in [0.2, 0.25) is 0 Å². The molecule has 0 saturated heterocycles. The summed E-state index contributed by atoms with van der Waals surface area (Å²) >= 11 is 0. The predicted octanol–water partition coefficient (Wildman–Crippen LogP) is 3.86. The Morgan fingerprint density at radius 1 is 1.00 bits per heavy atom. The summed E-state index contributed by atoms with van der Waals surface area (Å²) in [6, 6.07) is 0. The molecule has 1 atom stereocenters. The number of hydrogen-bond acceptors (Lipinski definition) is 0. The van der Waals surface area contributed by atoms with Crippen molar-refractivity contribution in [2.75, 3.05) is 0 Å². The minimum atomic E-state index is 0.850. The van der Waals surface area contributed by atoms with Crippen molar-refractivity contribution in [3.05, 3.63) is 0 Å². The van der Waals surface area contributed by atoms with Crippen LogP contribution in [0, 0.1) is 5.92 Å². The van der Waals surface area contributed by atoms with Gasteiger partial charge in [0.15, 0.2) is 0 Å².